The number of thiazole rings is 1. The molecule has 0 aliphatic carbocycles. The zero-order valence-corrected chi connectivity index (χ0v) is 16.9. The van der Waals surface area contributed by atoms with Crippen molar-refractivity contribution in [2.75, 3.05) is 19.6 Å². The first-order chi connectivity index (χ1) is 13.4. The van der Waals surface area contributed by atoms with Crippen LogP contribution in [0.15, 0.2) is 52.7 Å². The van der Waals surface area contributed by atoms with E-state index < -0.39 is 0 Å². The molecule has 1 aromatic heterocycles. The number of aliphatic hydroxyl groups excluding tert-OH is 1. The number of rotatable bonds is 3. The van der Waals surface area contributed by atoms with Crippen molar-refractivity contribution in [3.05, 3.63) is 67.5 Å². The maximum atomic E-state index is 12.4. The summed E-state index contributed by atoms with van der Waals surface area (Å²) in [6, 6.07) is -0.221. The molecule has 2 aliphatic heterocycles. The Morgan fingerprint density at radius 2 is 2.25 bits per heavy atom. The van der Waals surface area contributed by atoms with Crippen LogP contribution >= 0.6 is 11.3 Å². The molecule has 1 aromatic rings. The molecule has 28 heavy (non-hydrogen) atoms. The first kappa shape index (κ1) is 20.1. The number of aromatic nitrogens is 1. The van der Waals surface area contributed by atoms with E-state index >= 15 is 0 Å². The largest absolute Gasteiger partial charge is 0.513 e. The number of hydrogen-bond acceptors (Lipinski definition) is 6. The van der Waals surface area contributed by atoms with E-state index in [0.717, 1.165) is 30.4 Å². The van der Waals surface area contributed by atoms with Gasteiger partial charge in [0, 0.05) is 25.2 Å². The van der Waals surface area contributed by atoms with Crippen molar-refractivity contribution < 1.29 is 9.90 Å². The summed E-state index contributed by atoms with van der Waals surface area (Å²) in [6.07, 6.45) is 9.52. The predicted molar refractivity (Wildman–Crippen MR) is 113 cm³/mol. The molecule has 1 saturated heterocycles. The van der Waals surface area contributed by atoms with Crippen molar-refractivity contribution in [3.63, 3.8) is 0 Å². The average molecular weight is 400 g/mol. The minimum absolute atomic E-state index is 0.0232. The summed E-state index contributed by atoms with van der Waals surface area (Å²) in [5.41, 5.74) is 2.89. The first-order valence-electron chi connectivity index (χ1n) is 9.22. The zero-order valence-electron chi connectivity index (χ0n) is 16.1. The Hall–Kier alpha value is -2.64. The van der Waals surface area contributed by atoms with Gasteiger partial charge in [-0.3, -0.25) is 9.59 Å². The summed E-state index contributed by atoms with van der Waals surface area (Å²) in [6.45, 7) is 9.60. The van der Waals surface area contributed by atoms with Gasteiger partial charge in [-0.2, -0.15) is 0 Å². The van der Waals surface area contributed by atoms with E-state index in [1.165, 1.54) is 11.3 Å². The quantitative estimate of drug-likeness (QED) is 0.523. The Balaban J connectivity index is 2.03. The highest BCUT2D eigenvalue weighted by molar-refractivity contribution is 7.07. The van der Waals surface area contributed by atoms with Crippen LogP contribution < -0.4 is 20.1 Å². The van der Waals surface area contributed by atoms with Crippen LogP contribution in [0, 0.1) is 0 Å². The van der Waals surface area contributed by atoms with Gasteiger partial charge < -0.3 is 20.3 Å². The monoisotopic (exact) mass is 399 g/mol. The second-order valence-electron chi connectivity index (χ2n) is 7.11. The molecular formula is C21H25N3O3S. The second-order valence-corrected chi connectivity index (χ2v) is 8.16. The Labute approximate surface area is 167 Å². The highest BCUT2D eigenvalue weighted by Crippen LogP contribution is 2.16. The molecule has 3 heterocycles. The molecule has 1 fully saturated rings. The van der Waals surface area contributed by atoms with E-state index in [4.69, 9.17) is 0 Å². The van der Waals surface area contributed by atoms with E-state index in [-0.39, 0.29) is 17.4 Å². The molecule has 3 N–H and O–H groups in total. The lowest BCUT2D eigenvalue weighted by Crippen LogP contribution is -2.26. The Kier molecular flexibility index (Phi) is 6.16. The van der Waals surface area contributed by atoms with Crippen LogP contribution in [0.1, 0.15) is 20.3 Å². The van der Waals surface area contributed by atoms with Gasteiger partial charge in [-0.25, -0.2) is 0 Å². The van der Waals surface area contributed by atoms with E-state index in [2.05, 4.69) is 16.9 Å². The lowest BCUT2D eigenvalue weighted by Gasteiger charge is -2.26. The van der Waals surface area contributed by atoms with Gasteiger partial charge in [0.2, 0.25) is 0 Å². The van der Waals surface area contributed by atoms with Crippen molar-refractivity contribution in [1.29, 1.82) is 0 Å². The number of H-pyrrole nitrogens is 1. The van der Waals surface area contributed by atoms with Crippen LogP contribution in [0.2, 0.25) is 0 Å². The maximum Gasteiger partial charge on any atom is 0.266 e. The molecular weight excluding hydrogens is 374 g/mol. The van der Waals surface area contributed by atoms with Gasteiger partial charge in [0.15, 0.2) is 5.78 Å². The Bertz CT molecular complexity index is 1060. The summed E-state index contributed by atoms with van der Waals surface area (Å²) in [4.78, 5) is 29.5. The van der Waals surface area contributed by atoms with Crippen LogP contribution in [-0.4, -0.2) is 46.4 Å². The van der Waals surface area contributed by atoms with Crippen molar-refractivity contribution >= 4 is 28.8 Å². The number of aromatic amines is 1. The fraction of sp³-hybridized carbons (Fsp3) is 0.333. The third kappa shape index (κ3) is 4.43. The molecule has 0 saturated carbocycles. The van der Waals surface area contributed by atoms with Crippen LogP contribution in [-0.2, 0) is 4.79 Å². The number of Topliss-reactive ketones (excluding diaryl/α,β-unsaturated/α-hetero) is 1. The number of aliphatic hydroxyl groups is 1. The van der Waals surface area contributed by atoms with Crippen molar-refractivity contribution in [3.8, 4) is 0 Å². The van der Waals surface area contributed by atoms with Crippen molar-refractivity contribution in [2.24, 2.45) is 0 Å². The normalized spacial score (nSPS) is 27.5. The first-order valence-corrected chi connectivity index (χ1v) is 10.0. The minimum atomic E-state index is -0.221. The number of carbonyl (C=O) groups is 1. The molecule has 0 spiro atoms. The second kappa shape index (κ2) is 8.58. The summed E-state index contributed by atoms with van der Waals surface area (Å²) < 4.78 is 1.13. The molecule has 0 aromatic carbocycles. The number of allylic oxidation sites excluding steroid dienone is 3. The summed E-state index contributed by atoms with van der Waals surface area (Å²) in [5, 5.41) is 12.8. The molecule has 0 amide bonds. The number of nitrogens with zero attached hydrogens (tertiary/aromatic N) is 1. The van der Waals surface area contributed by atoms with Gasteiger partial charge in [0.1, 0.15) is 10.9 Å². The van der Waals surface area contributed by atoms with Gasteiger partial charge in [0.25, 0.3) is 5.56 Å². The van der Waals surface area contributed by atoms with E-state index in [9.17, 15) is 14.7 Å². The number of carbonyl (C=O) groups excluding carboxylic acids is 1. The third-order valence-electron chi connectivity index (χ3n) is 4.66. The average Bonchev–Trinajstić information content (AvgIpc) is 3.15. The van der Waals surface area contributed by atoms with Gasteiger partial charge in [-0.05, 0) is 38.0 Å². The lowest BCUT2D eigenvalue weighted by molar-refractivity contribution is -0.114. The standard InChI is InChI=1S/C21H25N3O3S/c1-13(2)11-24-7-5-4-6-15(8-16(24)12-25)9-18-20(27)23-21(28-18)17-10-22-14(3)19(17)26/h4,6,8-9,12,14,22,25H,1,5,7,10-11H2,2-3H3,(H,23,27)/b6-4-,15-8+,16-12-,18-9-,21-17+. The Morgan fingerprint density at radius 3 is 2.89 bits per heavy atom. The topological polar surface area (TPSA) is 85.4 Å². The van der Waals surface area contributed by atoms with E-state index in [1.54, 1.807) is 6.08 Å². The zero-order chi connectivity index (χ0) is 20.3. The smallest absolute Gasteiger partial charge is 0.266 e. The summed E-state index contributed by atoms with van der Waals surface area (Å²) in [7, 11) is 0. The van der Waals surface area contributed by atoms with Crippen LogP contribution in [0.3, 0.4) is 0 Å². The molecule has 6 nitrogen and oxygen atoms in total. The number of nitrogens with one attached hydrogen (secondary N) is 2. The molecule has 0 bridgehead atoms. The maximum absolute atomic E-state index is 12.4. The van der Waals surface area contributed by atoms with Crippen molar-refractivity contribution in [1.82, 2.24) is 15.2 Å². The Morgan fingerprint density at radius 1 is 1.46 bits per heavy atom. The molecule has 1 unspecified atom stereocenters. The molecule has 3 rings (SSSR count). The summed E-state index contributed by atoms with van der Waals surface area (Å²) >= 11 is 1.28. The molecule has 0 radical (unpaired) electrons. The third-order valence-corrected chi connectivity index (χ3v) is 5.73. The SMILES string of the molecule is C=C(C)CN1CC\C=C/C(/C=c2\s/c(=C3\CNC(C)C3=O)[nH]c2=O)=C\C1=C\O. The van der Waals surface area contributed by atoms with E-state index in [1.807, 2.05) is 37.0 Å². The minimum Gasteiger partial charge on any atom is -0.513 e. The van der Waals surface area contributed by atoms with Crippen LogP contribution in [0.5, 0.6) is 0 Å². The number of ketones is 1. The molecule has 1 atom stereocenters. The van der Waals surface area contributed by atoms with E-state index in [0.29, 0.717) is 33.6 Å². The van der Waals surface area contributed by atoms with Crippen LogP contribution in [0.25, 0.3) is 11.6 Å². The van der Waals surface area contributed by atoms with Crippen molar-refractivity contribution in [2.45, 2.75) is 26.3 Å². The number of hydrogen-bond donors (Lipinski definition) is 3. The molecule has 7 heteroatoms. The van der Waals surface area contributed by atoms with Gasteiger partial charge in [-0.1, -0.05) is 24.3 Å². The van der Waals surface area contributed by atoms with Crippen LogP contribution in [0.4, 0.5) is 0 Å². The van der Waals surface area contributed by atoms with Gasteiger partial charge >= 0.3 is 0 Å². The van der Waals surface area contributed by atoms with Gasteiger partial charge in [0.05, 0.1) is 16.3 Å². The van der Waals surface area contributed by atoms with Gasteiger partial charge in [-0.15, -0.1) is 11.3 Å². The lowest BCUT2D eigenvalue weighted by atomic mass is 10.1. The molecule has 148 valence electrons. The highest BCUT2D eigenvalue weighted by Gasteiger charge is 2.26. The molecule has 2 aliphatic rings. The predicted octanol–water partition coefficient (Wildman–Crippen LogP) is 1.09. The highest BCUT2D eigenvalue weighted by atomic mass is 32.1. The summed E-state index contributed by atoms with van der Waals surface area (Å²) in [5.74, 6) is 0.0232. The fourth-order valence-corrected chi connectivity index (χ4v) is 4.21. The fourth-order valence-electron chi connectivity index (χ4n) is 3.21.